The van der Waals surface area contributed by atoms with Crippen LogP contribution >= 0.6 is 0 Å². The van der Waals surface area contributed by atoms with E-state index in [0.717, 1.165) is 5.56 Å². The highest BCUT2D eigenvalue weighted by atomic mass is 16.2. The molecule has 1 aromatic carbocycles. The summed E-state index contributed by atoms with van der Waals surface area (Å²) in [6, 6.07) is 8.73. The van der Waals surface area contributed by atoms with Crippen LogP contribution in [-0.4, -0.2) is 18.4 Å². The van der Waals surface area contributed by atoms with Gasteiger partial charge < -0.3 is 5.73 Å². The van der Waals surface area contributed by atoms with Gasteiger partial charge in [0.25, 0.3) is 0 Å². The summed E-state index contributed by atoms with van der Waals surface area (Å²) in [7, 11) is 0. The first kappa shape index (κ1) is 10.4. The molecule has 0 saturated carbocycles. The third-order valence-electron chi connectivity index (χ3n) is 1.84. The molecule has 0 fully saturated rings. The van der Waals surface area contributed by atoms with Gasteiger partial charge in [-0.15, -0.1) is 0 Å². The molecule has 0 aromatic heterocycles. The third-order valence-corrected chi connectivity index (χ3v) is 1.84. The van der Waals surface area contributed by atoms with Gasteiger partial charge in [0.2, 0.25) is 12.3 Å². The van der Waals surface area contributed by atoms with Gasteiger partial charge in [0.1, 0.15) is 0 Å². The molecular formula is C10H12N2O2. The largest absolute Gasteiger partial charge is 0.320 e. The summed E-state index contributed by atoms with van der Waals surface area (Å²) in [5.41, 5.74) is 6.54. The van der Waals surface area contributed by atoms with Crippen molar-refractivity contribution in [3.63, 3.8) is 0 Å². The number of carbonyl (C=O) groups is 2. The maximum absolute atomic E-state index is 11.1. The van der Waals surface area contributed by atoms with Gasteiger partial charge >= 0.3 is 0 Å². The van der Waals surface area contributed by atoms with Gasteiger partial charge in [-0.25, -0.2) is 0 Å². The quantitative estimate of drug-likeness (QED) is 0.650. The normalized spacial score (nSPS) is 11.8. The second kappa shape index (κ2) is 5.14. The van der Waals surface area contributed by atoms with Crippen LogP contribution in [0.25, 0.3) is 0 Å². The van der Waals surface area contributed by atoms with E-state index >= 15 is 0 Å². The molecule has 4 heteroatoms. The zero-order valence-corrected chi connectivity index (χ0v) is 7.64. The molecule has 4 nitrogen and oxygen atoms in total. The van der Waals surface area contributed by atoms with E-state index in [-0.39, 0.29) is 0 Å². The summed E-state index contributed by atoms with van der Waals surface area (Å²) in [5, 5.41) is 2.02. The van der Waals surface area contributed by atoms with Crippen molar-refractivity contribution in [3.8, 4) is 0 Å². The van der Waals surface area contributed by atoms with E-state index in [1.807, 2.05) is 35.6 Å². The zero-order chi connectivity index (χ0) is 10.4. The average Bonchev–Trinajstić information content (AvgIpc) is 2.19. The first-order valence-electron chi connectivity index (χ1n) is 4.27. The summed E-state index contributed by atoms with van der Waals surface area (Å²) in [6.07, 6.45) is 0.772. The Balaban J connectivity index is 2.52. The highest BCUT2D eigenvalue weighted by Crippen LogP contribution is 2.01. The summed E-state index contributed by atoms with van der Waals surface area (Å²) in [4.78, 5) is 21.1. The molecule has 0 spiro atoms. The molecule has 0 bridgehead atoms. The van der Waals surface area contributed by atoms with Crippen LogP contribution in [0.3, 0.4) is 0 Å². The number of rotatable bonds is 4. The predicted molar refractivity (Wildman–Crippen MR) is 52.3 cm³/mol. The molecule has 0 aliphatic heterocycles. The first-order chi connectivity index (χ1) is 6.74. The zero-order valence-electron chi connectivity index (χ0n) is 7.64. The summed E-state index contributed by atoms with van der Waals surface area (Å²) < 4.78 is 0. The number of amides is 2. The van der Waals surface area contributed by atoms with Gasteiger partial charge in [-0.2, -0.15) is 0 Å². The predicted octanol–water partition coefficient (Wildman–Crippen LogP) is -0.171. The van der Waals surface area contributed by atoms with Gasteiger partial charge in [0.05, 0.1) is 6.04 Å². The van der Waals surface area contributed by atoms with Crippen molar-refractivity contribution in [2.24, 2.45) is 5.73 Å². The van der Waals surface area contributed by atoms with Crippen molar-refractivity contribution in [1.29, 1.82) is 0 Å². The van der Waals surface area contributed by atoms with Crippen LogP contribution in [-0.2, 0) is 16.0 Å². The highest BCUT2D eigenvalue weighted by molar-refractivity contribution is 5.89. The third kappa shape index (κ3) is 2.99. The molecule has 0 aliphatic rings. The standard InChI is InChI=1S/C10H12N2O2/c11-9(10(14)12-7-13)6-8-4-2-1-3-5-8/h1-5,7,9H,6,11H2,(H,12,13,14)/t9-/m0/s1. The van der Waals surface area contributed by atoms with Gasteiger partial charge in [0, 0.05) is 0 Å². The molecule has 1 atom stereocenters. The lowest BCUT2D eigenvalue weighted by atomic mass is 10.1. The van der Waals surface area contributed by atoms with E-state index in [1.165, 1.54) is 0 Å². The van der Waals surface area contributed by atoms with E-state index in [0.29, 0.717) is 12.8 Å². The fraction of sp³-hybridized carbons (Fsp3) is 0.200. The number of benzene rings is 1. The van der Waals surface area contributed by atoms with Crippen molar-refractivity contribution in [2.45, 2.75) is 12.5 Å². The van der Waals surface area contributed by atoms with Gasteiger partial charge in [0.15, 0.2) is 0 Å². The van der Waals surface area contributed by atoms with Crippen LogP contribution in [0.4, 0.5) is 0 Å². The van der Waals surface area contributed by atoms with E-state index in [1.54, 1.807) is 0 Å². The molecule has 1 rings (SSSR count). The second-order valence-corrected chi connectivity index (χ2v) is 2.92. The maximum atomic E-state index is 11.1. The minimum absolute atomic E-state index is 0.340. The SMILES string of the molecule is N[C@@H](Cc1ccccc1)C(=O)NC=O. The number of hydrogen-bond acceptors (Lipinski definition) is 3. The Morgan fingerprint density at radius 3 is 2.64 bits per heavy atom. The Hall–Kier alpha value is -1.68. The summed E-state index contributed by atoms with van der Waals surface area (Å²) in [5.74, 6) is -0.455. The lowest BCUT2D eigenvalue weighted by Gasteiger charge is -2.08. The molecule has 0 saturated heterocycles. The molecule has 2 amide bonds. The number of imide groups is 1. The van der Waals surface area contributed by atoms with E-state index in [4.69, 9.17) is 5.73 Å². The Morgan fingerprint density at radius 1 is 1.43 bits per heavy atom. The number of nitrogens with two attached hydrogens (primary N) is 1. The van der Waals surface area contributed by atoms with Crippen LogP contribution in [0.15, 0.2) is 30.3 Å². The molecular weight excluding hydrogens is 180 g/mol. The van der Waals surface area contributed by atoms with Crippen LogP contribution < -0.4 is 11.1 Å². The molecule has 74 valence electrons. The summed E-state index contributed by atoms with van der Waals surface area (Å²) >= 11 is 0. The fourth-order valence-electron chi connectivity index (χ4n) is 1.13. The molecule has 1 aromatic rings. The molecule has 0 heterocycles. The first-order valence-corrected chi connectivity index (χ1v) is 4.27. The summed E-state index contributed by atoms with van der Waals surface area (Å²) in [6.45, 7) is 0. The fourth-order valence-corrected chi connectivity index (χ4v) is 1.13. The van der Waals surface area contributed by atoms with Gasteiger partial charge in [-0.05, 0) is 12.0 Å². The minimum Gasteiger partial charge on any atom is -0.320 e. The van der Waals surface area contributed by atoms with E-state index in [9.17, 15) is 9.59 Å². The van der Waals surface area contributed by atoms with E-state index < -0.39 is 11.9 Å². The maximum Gasteiger partial charge on any atom is 0.243 e. The number of carbonyl (C=O) groups excluding carboxylic acids is 2. The molecule has 3 N–H and O–H groups in total. The molecule has 0 unspecified atom stereocenters. The number of hydrogen-bond donors (Lipinski definition) is 2. The average molecular weight is 192 g/mol. The van der Waals surface area contributed by atoms with Crippen LogP contribution in [0.1, 0.15) is 5.56 Å². The Bertz CT molecular complexity index is 311. The van der Waals surface area contributed by atoms with Crippen molar-refractivity contribution >= 4 is 12.3 Å². The Morgan fingerprint density at radius 2 is 2.07 bits per heavy atom. The topological polar surface area (TPSA) is 72.2 Å². The van der Waals surface area contributed by atoms with Crippen LogP contribution in [0, 0.1) is 0 Å². The Kier molecular flexibility index (Phi) is 3.82. The second-order valence-electron chi connectivity index (χ2n) is 2.92. The van der Waals surface area contributed by atoms with Crippen LogP contribution in [0.5, 0.6) is 0 Å². The molecule has 0 radical (unpaired) electrons. The van der Waals surface area contributed by atoms with Gasteiger partial charge in [-0.3, -0.25) is 14.9 Å². The Labute approximate surface area is 82.1 Å². The minimum atomic E-state index is -0.678. The molecule has 0 aliphatic carbocycles. The lowest BCUT2D eigenvalue weighted by molar-refractivity contribution is -0.126. The van der Waals surface area contributed by atoms with Crippen LogP contribution in [0.2, 0.25) is 0 Å². The van der Waals surface area contributed by atoms with Crippen molar-refractivity contribution < 1.29 is 9.59 Å². The molecule has 14 heavy (non-hydrogen) atoms. The lowest BCUT2D eigenvalue weighted by Crippen LogP contribution is -2.41. The monoisotopic (exact) mass is 192 g/mol. The highest BCUT2D eigenvalue weighted by Gasteiger charge is 2.12. The van der Waals surface area contributed by atoms with Crippen molar-refractivity contribution in [1.82, 2.24) is 5.32 Å². The van der Waals surface area contributed by atoms with Crippen molar-refractivity contribution in [2.75, 3.05) is 0 Å². The van der Waals surface area contributed by atoms with E-state index in [2.05, 4.69) is 0 Å². The number of nitrogens with one attached hydrogen (secondary N) is 1. The smallest absolute Gasteiger partial charge is 0.243 e. The van der Waals surface area contributed by atoms with Gasteiger partial charge in [-0.1, -0.05) is 30.3 Å². The van der Waals surface area contributed by atoms with Crippen molar-refractivity contribution in [3.05, 3.63) is 35.9 Å².